The third-order valence-corrected chi connectivity index (χ3v) is 4.45. The smallest absolute Gasteiger partial charge is 0.321 e. The highest BCUT2D eigenvalue weighted by atomic mass is 19.4. The first-order chi connectivity index (χ1) is 9.47. The fraction of sp³-hybridized carbons (Fsp3) is 0.786. The first kappa shape index (κ1) is 13.9. The van der Waals surface area contributed by atoms with Gasteiger partial charge >= 0.3 is 6.18 Å². The van der Waals surface area contributed by atoms with Gasteiger partial charge in [0.25, 0.3) is 0 Å². The summed E-state index contributed by atoms with van der Waals surface area (Å²) in [7, 11) is 0. The van der Waals surface area contributed by atoms with Crippen molar-refractivity contribution < 1.29 is 13.2 Å². The Morgan fingerprint density at radius 3 is 2.80 bits per heavy atom. The molecule has 2 heterocycles. The van der Waals surface area contributed by atoms with Gasteiger partial charge in [0, 0.05) is 31.2 Å². The second kappa shape index (κ2) is 5.06. The molecule has 1 aliphatic carbocycles. The van der Waals surface area contributed by atoms with E-state index < -0.39 is 12.0 Å². The van der Waals surface area contributed by atoms with E-state index in [0.29, 0.717) is 24.6 Å². The fourth-order valence-corrected chi connectivity index (χ4v) is 3.56. The zero-order chi connectivity index (χ0) is 14.3. The molecule has 0 saturated heterocycles. The van der Waals surface area contributed by atoms with Crippen LogP contribution < -0.4 is 5.32 Å². The molecule has 1 aromatic rings. The van der Waals surface area contributed by atoms with Gasteiger partial charge in [-0.05, 0) is 18.8 Å². The molecule has 2 atom stereocenters. The number of nitrogens with one attached hydrogen (secondary N) is 1. The summed E-state index contributed by atoms with van der Waals surface area (Å²) in [5.74, 6) is -0.195. The zero-order valence-corrected chi connectivity index (χ0v) is 11.6. The van der Waals surface area contributed by atoms with E-state index in [-0.39, 0.29) is 6.04 Å². The first-order valence-electron chi connectivity index (χ1n) is 7.34. The average molecular weight is 287 g/mol. The maximum Gasteiger partial charge on any atom is 0.449 e. The maximum absolute atomic E-state index is 13.3. The van der Waals surface area contributed by atoms with E-state index in [1.165, 1.54) is 4.57 Å². The molecule has 2 unspecified atom stereocenters. The van der Waals surface area contributed by atoms with Gasteiger partial charge in [-0.2, -0.15) is 13.2 Å². The lowest BCUT2D eigenvalue weighted by molar-refractivity contribution is -0.148. The Morgan fingerprint density at radius 1 is 1.30 bits per heavy atom. The van der Waals surface area contributed by atoms with E-state index >= 15 is 0 Å². The van der Waals surface area contributed by atoms with Crippen LogP contribution >= 0.6 is 0 Å². The van der Waals surface area contributed by atoms with E-state index in [1.807, 2.05) is 0 Å². The SMILES string of the molecule is CC1CCCC(n2c(C(F)(F)F)nc3c2CCNC3)C1. The Hall–Kier alpha value is -1.04. The average Bonchev–Trinajstić information content (AvgIpc) is 2.78. The van der Waals surface area contributed by atoms with E-state index in [2.05, 4.69) is 17.2 Å². The van der Waals surface area contributed by atoms with Crippen LogP contribution in [-0.4, -0.2) is 16.1 Å². The van der Waals surface area contributed by atoms with Crippen LogP contribution in [0.5, 0.6) is 0 Å². The quantitative estimate of drug-likeness (QED) is 0.859. The highest BCUT2D eigenvalue weighted by Gasteiger charge is 2.41. The summed E-state index contributed by atoms with van der Waals surface area (Å²) < 4.78 is 41.4. The van der Waals surface area contributed by atoms with E-state index in [9.17, 15) is 13.2 Å². The standard InChI is InChI=1S/C14H20F3N3/c1-9-3-2-4-10(7-9)20-12-5-6-18-8-11(12)19-13(20)14(15,16)17/h9-10,18H,2-8H2,1H3. The molecule has 6 heteroatoms. The van der Waals surface area contributed by atoms with Crippen LogP contribution in [0.3, 0.4) is 0 Å². The highest BCUT2D eigenvalue weighted by Crippen LogP contribution is 2.39. The van der Waals surface area contributed by atoms with Gasteiger partial charge in [0.15, 0.2) is 0 Å². The Bertz CT molecular complexity index is 493. The van der Waals surface area contributed by atoms with Gasteiger partial charge in [0.1, 0.15) is 0 Å². The minimum absolute atomic E-state index is 0.0373. The molecule has 1 saturated carbocycles. The molecule has 1 aromatic heterocycles. The van der Waals surface area contributed by atoms with Gasteiger partial charge in [0.2, 0.25) is 5.82 Å². The fourth-order valence-electron chi connectivity index (χ4n) is 3.56. The minimum atomic E-state index is -4.36. The summed E-state index contributed by atoms with van der Waals surface area (Å²) in [6.07, 6.45) is 0.0783. The largest absolute Gasteiger partial charge is 0.449 e. The van der Waals surface area contributed by atoms with Crippen molar-refractivity contribution in [2.75, 3.05) is 6.54 Å². The van der Waals surface area contributed by atoms with Gasteiger partial charge in [-0.3, -0.25) is 0 Å². The van der Waals surface area contributed by atoms with Gasteiger partial charge in [-0.25, -0.2) is 4.98 Å². The predicted molar refractivity (Wildman–Crippen MR) is 69.3 cm³/mol. The van der Waals surface area contributed by atoms with Crippen LogP contribution in [0.25, 0.3) is 0 Å². The number of imidazole rings is 1. The van der Waals surface area contributed by atoms with Gasteiger partial charge in [-0.1, -0.05) is 19.8 Å². The summed E-state index contributed by atoms with van der Waals surface area (Å²) in [5, 5.41) is 3.10. The molecular weight excluding hydrogens is 267 g/mol. The number of hydrogen-bond acceptors (Lipinski definition) is 2. The van der Waals surface area contributed by atoms with E-state index in [0.717, 1.165) is 37.9 Å². The molecule has 112 valence electrons. The monoisotopic (exact) mass is 287 g/mol. The Labute approximate surface area is 116 Å². The molecule has 1 aliphatic heterocycles. The van der Waals surface area contributed by atoms with Crippen molar-refractivity contribution in [1.29, 1.82) is 0 Å². The normalized spacial score (nSPS) is 27.4. The third kappa shape index (κ3) is 2.45. The van der Waals surface area contributed by atoms with Crippen molar-refractivity contribution in [3.05, 3.63) is 17.2 Å². The molecule has 0 aromatic carbocycles. The summed E-state index contributed by atoms with van der Waals surface area (Å²) >= 11 is 0. The zero-order valence-electron chi connectivity index (χ0n) is 11.6. The van der Waals surface area contributed by atoms with E-state index in [1.54, 1.807) is 0 Å². The highest BCUT2D eigenvalue weighted by molar-refractivity contribution is 5.23. The topological polar surface area (TPSA) is 29.9 Å². The van der Waals surface area contributed by atoms with Crippen LogP contribution in [0.4, 0.5) is 13.2 Å². The number of nitrogens with zero attached hydrogens (tertiary/aromatic N) is 2. The van der Waals surface area contributed by atoms with Crippen molar-refractivity contribution in [1.82, 2.24) is 14.9 Å². The molecule has 0 spiro atoms. The van der Waals surface area contributed by atoms with Crippen molar-refractivity contribution >= 4 is 0 Å². The van der Waals surface area contributed by atoms with Gasteiger partial charge < -0.3 is 9.88 Å². The lowest BCUT2D eigenvalue weighted by Crippen LogP contribution is -2.28. The predicted octanol–water partition coefficient (Wildman–Crippen LogP) is 3.30. The molecule has 3 rings (SSSR count). The second-order valence-corrected chi connectivity index (χ2v) is 6.05. The van der Waals surface area contributed by atoms with Crippen LogP contribution in [0.1, 0.15) is 55.9 Å². The second-order valence-electron chi connectivity index (χ2n) is 6.05. The number of aromatic nitrogens is 2. The molecular formula is C14H20F3N3. The van der Waals surface area contributed by atoms with Gasteiger partial charge in [0.05, 0.1) is 5.69 Å². The number of alkyl halides is 3. The van der Waals surface area contributed by atoms with Crippen molar-refractivity contribution in [2.24, 2.45) is 5.92 Å². The first-order valence-corrected chi connectivity index (χ1v) is 7.34. The lowest BCUT2D eigenvalue weighted by Gasteiger charge is -2.31. The summed E-state index contributed by atoms with van der Waals surface area (Å²) in [4.78, 5) is 3.90. The van der Waals surface area contributed by atoms with Crippen LogP contribution in [0, 0.1) is 5.92 Å². The van der Waals surface area contributed by atoms with Crippen molar-refractivity contribution in [2.45, 2.75) is 57.8 Å². The van der Waals surface area contributed by atoms with Crippen LogP contribution in [0.15, 0.2) is 0 Å². The summed E-state index contributed by atoms with van der Waals surface area (Å²) in [6, 6.07) is -0.0373. The van der Waals surface area contributed by atoms with Crippen LogP contribution in [0.2, 0.25) is 0 Å². The van der Waals surface area contributed by atoms with Crippen molar-refractivity contribution in [3.8, 4) is 0 Å². The number of halogens is 3. The lowest BCUT2D eigenvalue weighted by atomic mass is 9.86. The van der Waals surface area contributed by atoms with Gasteiger partial charge in [-0.15, -0.1) is 0 Å². The van der Waals surface area contributed by atoms with E-state index in [4.69, 9.17) is 0 Å². The Morgan fingerprint density at radius 2 is 2.10 bits per heavy atom. The molecule has 0 amide bonds. The Kier molecular flexibility index (Phi) is 3.52. The Balaban J connectivity index is 2.04. The summed E-state index contributed by atoms with van der Waals surface area (Å²) in [5.41, 5.74) is 1.39. The molecule has 2 aliphatic rings. The molecule has 1 fully saturated rings. The molecule has 1 N–H and O–H groups in total. The minimum Gasteiger partial charge on any atom is -0.321 e. The molecule has 0 bridgehead atoms. The molecule has 20 heavy (non-hydrogen) atoms. The molecule has 0 radical (unpaired) electrons. The number of fused-ring (bicyclic) bond motifs is 1. The number of hydrogen-bond donors (Lipinski definition) is 1. The molecule has 3 nitrogen and oxygen atoms in total. The van der Waals surface area contributed by atoms with Crippen LogP contribution in [-0.2, 0) is 19.1 Å². The van der Waals surface area contributed by atoms with Crippen molar-refractivity contribution in [3.63, 3.8) is 0 Å². The summed E-state index contributed by atoms with van der Waals surface area (Å²) in [6.45, 7) is 3.32. The number of rotatable bonds is 1. The maximum atomic E-state index is 13.3. The third-order valence-electron chi connectivity index (χ3n) is 4.45.